The molecule has 0 aromatic rings. The quantitative estimate of drug-likeness (QED) is 0.0199. The van der Waals surface area contributed by atoms with Crippen molar-refractivity contribution in [3.8, 4) is 0 Å². The van der Waals surface area contributed by atoms with Gasteiger partial charge in [-0.2, -0.15) is 0 Å². The maximum atomic E-state index is 12.8. The lowest BCUT2D eigenvalue weighted by atomic mass is 10.1. The molecule has 0 heterocycles. The van der Waals surface area contributed by atoms with Crippen molar-refractivity contribution in [2.24, 2.45) is 0 Å². The summed E-state index contributed by atoms with van der Waals surface area (Å²) in [6, 6.07) is 0. The summed E-state index contributed by atoms with van der Waals surface area (Å²) in [6.45, 7) is 6.44. The molecule has 0 aliphatic heterocycles. The number of allylic oxidation sites excluding steroid dienone is 16. The highest BCUT2D eigenvalue weighted by atomic mass is 16.6. The minimum Gasteiger partial charge on any atom is -0.462 e. The van der Waals surface area contributed by atoms with Gasteiger partial charge in [-0.25, -0.2) is 0 Å². The fraction of sp³-hybridized carbons (Fsp3) is 0.689. The average molecular weight is 931 g/mol. The molecular weight excluding hydrogens is 829 g/mol. The van der Waals surface area contributed by atoms with Crippen molar-refractivity contribution >= 4 is 17.9 Å². The third-order valence-electron chi connectivity index (χ3n) is 11.6. The molecule has 0 radical (unpaired) electrons. The molecule has 0 spiro atoms. The van der Waals surface area contributed by atoms with Crippen molar-refractivity contribution in [1.82, 2.24) is 0 Å². The van der Waals surface area contributed by atoms with Crippen LogP contribution in [0.5, 0.6) is 0 Å². The van der Waals surface area contributed by atoms with E-state index in [4.69, 9.17) is 14.2 Å². The zero-order valence-electron chi connectivity index (χ0n) is 43.6. The predicted molar refractivity (Wildman–Crippen MR) is 288 cm³/mol. The fourth-order valence-corrected chi connectivity index (χ4v) is 7.40. The van der Waals surface area contributed by atoms with Crippen LogP contribution in [0.2, 0.25) is 0 Å². The molecule has 1 unspecified atom stereocenters. The van der Waals surface area contributed by atoms with Crippen molar-refractivity contribution in [2.75, 3.05) is 13.2 Å². The summed E-state index contributed by atoms with van der Waals surface area (Å²) >= 11 is 0. The fourth-order valence-electron chi connectivity index (χ4n) is 7.40. The van der Waals surface area contributed by atoms with E-state index in [2.05, 4.69) is 118 Å². The summed E-state index contributed by atoms with van der Waals surface area (Å²) in [7, 11) is 0. The van der Waals surface area contributed by atoms with Crippen molar-refractivity contribution in [2.45, 2.75) is 258 Å². The second kappa shape index (κ2) is 54.9. The Morgan fingerprint density at radius 1 is 0.328 bits per heavy atom. The number of rotatable bonds is 49. The number of esters is 3. The van der Waals surface area contributed by atoms with Gasteiger partial charge in [0.05, 0.1) is 0 Å². The van der Waals surface area contributed by atoms with Crippen molar-refractivity contribution in [1.29, 1.82) is 0 Å². The van der Waals surface area contributed by atoms with Gasteiger partial charge in [-0.05, 0) is 109 Å². The Labute approximate surface area is 413 Å². The van der Waals surface area contributed by atoms with E-state index < -0.39 is 6.10 Å². The molecule has 0 rings (SSSR count). The Hall–Kier alpha value is -3.67. The lowest BCUT2D eigenvalue weighted by molar-refractivity contribution is -0.167. The van der Waals surface area contributed by atoms with Gasteiger partial charge >= 0.3 is 17.9 Å². The Kier molecular flexibility index (Phi) is 51.9. The second-order valence-electron chi connectivity index (χ2n) is 18.1. The normalized spacial score (nSPS) is 12.8. The van der Waals surface area contributed by atoms with Crippen molar-refractivity contribution in [3.63, 3.8) is 0 Å². The summed E-state index contributed by atoms with van der Waals surface area (Å²) in [5, 5.41) is 0. The first kappa shape index (κ1) is 63.3. The summed E-state index contributed by atoms with van der Waals surface area (Å²) in [4.78, 5) is 38.1. The first-order chi connectivity index (χ1) is 33.0. The van der Waals surface area contributed by atoms with Crippen LogP contribution in [-0.4, -0.2) is 37.2 Å². The van der Waals surface area contributed by atoms with E-state index in [1.165, 1.54) is 96.3 Å². The monoisotopic (exact) mass is 931 g/mol. The summed E-state index contributed by atoms with van der Waals surface area (Å²) in [6.07, 6.45) is 72.6. The van der Waals surface area contributed by atoms with Gasteiger partial charge in [0.1, 0.15) is 13.2 Å². The highest BCUT2D eigenvalue weighted by molar-refractivity contribution is 5.71. The maximum absolute atomic E-state index is 12.8. The van der Waals surface area contributed by atoms with Crippen molar-refractivity contribution in [3.05, 3.63) is 97.2 Å². The van der Waals surface area contributed by atoms with Gasteiger partial charge < -0.3 is 14.2 Å². The number of ether oxygens (including phenoxy) is 3. The minimum atomic E-state index is -0.821. The van der Waals surface area contributed by atoms with Gasteiger partial charge in [-0.1, -0.05) is 221 Å². The molecule has 0 saturated heterocycles. The Morgan fingerprint density at radius 3 is 1.07 bits per heavy atom. The standard InChI is InChI=1S/C61H102O6/c1-4-7-10-13-16-19-22-25-28-30-32-33-36-39-42-45-48-51-54-60(63)66-57-58(56-65-59(62)53-50-47-44-41-38-35-27-24-21-18-15-12-9-6-3)67-61(64)55-52-49-46-43-40-37-34-31-29-26-23-20-17-14-11-8-5-2/h8,11,17,20,26,28-30,32-35,37-38,43,46,58H,4-7,9-10,12-16,18-19,21-25,27,31,36,39-42,44-45,47-57H2,1-3H3/b11-8-,20-17-,29-26-,30-28-,33-32-,37-34-,38-35-,46-43-. The predicted octanol–water partition coefficient (Wildman–Crippen LogP) is 18.5. The molecule has 0 bridgehead atoms. The van der Waals surface area contributed by atoms with Crippen LogP contribution in [0.1, 0.15) is 252 Å². The molecule has 67 heavy (non-hydrogen) atoms. The van der Waals surface area contributed by atoms with Crippen LogP contribution in [0.15, 0.2) is 97.2 Å². The Bertz CT molecular complexity index is 1350. The number of carbonyl (C=O) groups excluding carboxylic acids is 3. The minimum absolute atomic E-state index is 0.113. The second-order valence-corrected chi connectivity index (χ2v) is 18.1. The zero-order chi connectivity index (χ0) is 48.6. The van der Waals surface area contributed by atoms with Crippen LogP contribution in [0.4, 0.5) is 0 Å². The topological polar surface area (TPSA) is 78.9 Å². The molecule has 382 valence electrons. The first-order valence-electron chi connectivity index (χ1n) is 27.8. The molecule has 6 heteroatoms. The zero-order valence-corrected chi connectivity index (χ0v) is 43.6. The van der Waals surface area contributed by atoms with E-state index in [0.717, 1.165) is 109 Å². The van der Waals surface area contributed by atoms with Crippen LogP contribution in [0, 0.1) is 0 Å². The summed E-state index contributed by atoms with van der Waals surface area (Å²) in [5.74, 6) is -1.00. The third kappa shape index (κ3) is 53.2. The third-order valence-corrected chi connectivity index (χ3v) is 11.6. The van der Waals surface area contributed by atoms with Crippen LogP contribution in [-0.2, 0) is 28.6 Å². The summed E-state index contributed by atoms with van der Waals surface area (Å²) in [5.41, 5.74) is 0. The molecule has 1 atom stereocenters. The molecule has 0 aromatic heterocycles. The lowest BCUT2D eigenvalue weighted by Gasteiger charge is -2.18. The molecule has 0 saturated carbocycles. The van der Waals surface area contributed by atoms with Crippen LogP contribution < -0.4 is 0 Å². The van der Waals surface area contributed by atoms with Crippen LogP contribution in [0.25, 0.3) is 0 Å². The van der Waals surface area contributed by atoms with Gasteiger partial charge in [0.2, 0.25) is 0 Å². The highest BCUT2D eigenvalue weighted by Crippen LogP contribution is 2.13. The molecule has 0 fully saturated rings. The van der Waals surface area contributed by atoms with Gasteiger partial charge in [-0.15, -0.1) is 0 Å². The van der Waals surface area contributed by atoms with E-state index in [1.54, 1.807) is 0 Å². The number of carbonyl (C=O) groups is 3. The van der Waals surface area contributed by atoms with E-state index in [9.17, 15) is 14.4 Å². The molecule has 0 aliphatic rings. The number of hydrogen-bond acceptors (Lipinski definition) is 6. The van der Waals surface area contributed by atoms with Gasteiger partial charge in [0, 0.05) is 19.3 Å². The van der Waals surface area contributed by atoms with E-state index in [1.807, 2.05) is 0 Å². The van der Waals surface area contributed by atoms with Gasteiger partial charge in [0.15, 0.2) is 6.10 Å². The van der Waals surface area contributed by atoms with E-state index in [-0.39, 0.29) is 37.5 Å². The maximum Gasteiger partial charge on any atom is 0.306 e. The smallest absolute Gasteiger partial charge is 0.306 e. The first-order valence-corrected chi connectivity index (χ1v) is 27.8. The van der Waals surface area contributed by atoms with Crippen LogP contribution >= 0.6 is 0 Å². The molecule has 0 aromatic carbocycles. The van der Waals surface area contributed by atoms with Crippen LogP contribution in [0.3, 0.4) is 0 Å². The molecule has 0 amide bonds. The molecular formula is C61H102O6. The van der Waals surface area contributed by atoms with Crippen molar-refractivity contribution < 1.29 is 28.6 Å². The molecule has 6 nitrogen and oxygen atoms in total. The van der Waals surface area contributed by atoms with Gasteiger partial charge in [0.25, 0.3) is 0 Å². The average Bonchev–Trinajstić information content (AvgIpc) is 3.33. The largest absolute Gasteiger partial charge is 0.462 e. The molecule has 0 N–H and O–H groups in total. The van der Waals surface area contributed by atoms with E-state index in [0.29, 0.717) is 19.3 Å². The molecule has 0 aliphatic carbocycles. The number of hydrogen-bond donors (Lipinski definition) is 0. The van der Waals surface area contributed by atoms with Gasteiger partial charge in [-0.3, -0.25) is 14.4 Å². The summed E-state index contributed by atoms with van der Waals surface area (Å²) < 4.78 is 16.8. The Morgan fingerprint density at radius 2 is 0.642 bits per heavy atom. The van der Waals surface area contributed by atoms with E-state index >= 15 is 0 Å². The highest BCUT2D eigenvalue weighted by Gasteiger charge is 2.19. The SMILES string of the molecule is CC/C=C\C/C=C\C/C=C\C/C=C\C/C=C\CCCC(=O)OC(COC(=O)CCCCC/C=C\CCCCCCCCC)COC(=O)CCCCCCC/C=C\C=C/CCCCCCCCC. The lowest BCUT2D eigenvalue weighted by Crippen LogP contribution is -2.30. The number of unbranched alkanes of at least 4 members (excludes halogenated alkanes) is 23. The Balaban J connectivity index is 4.52.